The molecule has 0 bridgehead atoms. The Kier molecular flexibility index (Phi) is 4.24. The molecule has 0 saturated heterocycles. The second kappa shape index (κ2) is 6.04. The van der Waals surface area contributed by atoms with E-state index in [1.54, 1.807) is 0 Å². The summed E-state index contributed by atoms with van der Waals surface area (Å²) in [5.41, 5.74) is 1.31. The zero-order valence-electron chi connectivity index (χ0n) is 19.7. The van der Waals surface area contributed by atoms with Gasteiger partial charge in [-0.25, -0.2) is 0 Å². The Morgan fingerprint density at radius 1 is 0.690 bits per heavy atom. The third-order valence-electron chi connectivity index (χ3n) is 12.5. The Labute approximate surface area is 178 Å². The first-order chi connectivity index (χ1) is 13.5. The van der Waals surface area contributed by atoms with Gasteiger partial charge in [0.25, 0.3) is 0 Å². The lowest BCUT2D eigenvalue weighted by atomic mass is 9.32. The van der Waals surface area contributed by atoms with Crippen LogP contribution in [0.3, 0.4) is 0 Å². The molecule has 0 amide bonds. The molecule has 164 valence electrons. The van der Waals surface area contributed by atoms with Crippen LogP contribution in [0, 0.1) is 50.7 Å². The highest BCUT2D eigenvalue weighted by Gasteiger charge is 2.70. The first kappa shape index (κ1) is 20.4. The quantitative estimate of drug-likeness (QED) is 0.501. The lowest BCUT2D eigenvalue weighted by Gasteiger charge is -2.72. The molecule has 1 N–H and O–H groups in total. The number of fused-ring (bicyclic) bond motifs is 7. The summed E-state index contributed by atoms with van der Waals surface area (Å²) in [6.45, 7) is 13.0. The van der Waals surface area contributed by atoms with E-state index in [-0.39, 0.29) is 5.41 Å². The van der Waals surface area contributed by atoms with Gasteiger partial charge in [-0.2, -0.15) is 0 Å². The number of hydrogen-bond donors (Lipinski definition) is 1. The number of carboxylic acids is 1. The van der Waals surface area contributed by atoms with Crippen LogP contribution in [0.25, 0.3) is 0 Å². The highest BCUT2D eigenvalue weighted by molar-refractivity contribution is 5.76. The minimum absolute atomic E-state index is 0.333. The van der Waals surface area contributed by atoms with Crippen molar-refractivity contribution in [1.29, 1.82) is 0 Å². The van der Waals surface area contributed by atoms with Gasteiger partial charge in [0.15, 0.2) is 0 Å². The summed E-state index contributed by atoms with van der Waals surface area (Å²) in [7, 11) is 0. The van der Waals surface area contributed by atoms with Crippen molar-refractivity contribution in [3.05, 3.63) is 0 Å². The predicted molar refractivity (Wildman–Crippen MR) is 118 cm³/mol. The summed E-state index contributed by atoms with van der Waals surface area (Å²) in [4.78, 5) is 12.4. The fourth-order valence-electron chi connectivity index (χ4n) is 11.0. The number of hydrogen-bond acceptors (Lipinski definition) is 1. The third-order valence-corrected chi connectivity index (χ3v) is 12.5. The standard InChI is InChI=1S/C27H44O2/c1-23(2)12-7-13-24(3)20(23)11-15-26(5)21(24)10-9-18-19-8-6-14-27(19,22(28)29)17-16-25(18,26)4/h18-21H,6-17H2,1-5H3,(H,28,29)/t18?,19-,20?,21?,24-,25+,26+,27-/m0/s1. The van der Waals surface area contributed by atoms with Gasteiger partial charge < -0.3 is 5.11 Å². The molecule has 2 heteroatoms. The largest absolute Gasteiger partial charge is 0.481 e. The van der Waals surface area contributed by atoms with Crippen LogP contribution < -0.4 is 0 Å². The molecule has 0 aliphatic heterocycles. The van der Waals surface area contributed by atoms with Gasteiger partial charge in [0.05, 0.1) is 5.41 Å². The first-order valence-electron chi connectivity index (χ1n) is 12.7. The first-order valence-corrected chi connectivity index (χ1v) is 12.7. The van der Waals surface area contributed by atoms with E-state index < -0.39 is 5.97 Å². The molecule has 5 saturated carbocycles. The summed E-state index contributed by atoms with van der Waals surface area (Å²) < 4.78 is 0. The molecule has 0 aromatic carbocycles. The van der Waals surface area contributed by atoms with Crippen molar-refractivity contribution in [1.82, 2.24) is 0 Å². The summed E-state index contributed by atoms with van der Waals surface area (Å²) in [5, 5.41) is 10.2. The van der Waals surface area contributed by atoms with E-state index in [9.17, 15) is 9.90 Å². The summed E-state index contributed by atoms with van der Waals surface area (Å²) in [5.74, 6) is 2.29. The molecule has 0 spiro atoms. The van der Waals surface area contributed by atoms with Gasteiger partial charge in [0.2, 0.25) is 0 Å². The highest BCUT2D eigenvalue weighted by Crippen LogP contribution is 2.76. The molecular formula is C27H44O2. The van der Waals surface area contributed by atoms with Crippen molar-refractivity contribution in [2.24, 2.45) is 50.7 Å². The fourth-order valence-corrected chi connectivity index (χ4v) is 11.0. The maximum Gasteiger partial charge on any atom is 0.309 e. The van der Waals surface area contributed by atoms with Crippen LogP contribution in [0.2, 0.25) is 0 Å². The minimum Gasteiger partial charge on any atom is -0.481 e. The smallest absolute Gasteiger partial charge is 0.309 e. The number of carboxylic acid groups (broad SMARTS) is 1. The van der Waals surface area contributed by atoms with Crippen molar-refractivity contribution >= 4 is 5.97 Å². The number of aliphatic carboxylic acids is 1. The van der Waals surface area contributed by atoms with E-state index >= 15 is 0 Å². The molecule has 5 fully saturated rings. The molecule has 0 aromatic heterocycles. The topological polar surface area (TPSA) is 37.3 Å². The summed E-state index contributed by atoms with van der Waals surface area (Å²) in [6.07, 6.45) is 15.0. The summed E-state index contributed by atoms with van der Waals surface area (Å²) >= 11 is 0. The molecule has 2 nitrogen and oxygen atoms in total. The molecular weight excluding hydrogens is 356 g/mol. The Hall–Kier alpha value is -0.530. The van der Waals surface area contributed by atoms with Crippen molar-refractivity contribution in [2.45, 2.75) is 112 Å². The van der Waals surface area contributed by atoms with Crippen LogP contribution in [-0.2, 0) is 4.79 Å². The van der Waals surface area contributed by atoms with Crippen molar-refractivity contribution in [3.8, 4) is 0 Å². The fraction of sp³-hybridized carbons (Fsp3) is 0.963. The van der Waals surface area contributed by atoms with Gasteiger partial charge in [-0.15, -0.1) is 0 Å². The molecule has 8 atom stereocenters. The molecule has 5 aliphatic carbocycles. The van der Waals surface area contributed by atoms with Crippen LogP contribution >= 0.6 is 0 Å². The van der Waals surface area contributed by atoms with E-state index in [4.69, 9.17) is 0 Å². The van der Waals surface area contributed by atoms with Gasteiger partial charge in [0.1, 0.15) is 0 Å². The van der Waals surface area contributed by atoms with E-state index in [1.807, 2.05) is 0 Å². The Balaban J connectivity index is 1.54. The molecule has 0 heterocycles. The molecule has 0 radical (unpaired) electrons. The third kappa shape index (κ3) is 2.33. The zero-order valence-corrected chi connectivity index (χ0v) is 19.7. The average molecular weight is 401 g/mol. The summed E-state index contributed by atoms with van der Waals surface area (Å²) in [6, 6.07) is 0. The maximum atomic E-state index is 12.4. The SMILES string of the molecule is CC1(C)CCC[C@@]2(C)C1CC[C@]1(C)C2CCC2[C@@H]3CCC[C@]3(C(=O)O)CC[C@]21C. The molecule has 5 rings (SSSR count). The van der Waals surface area contributed by atoms with Crippen LogP contribution in [-0.4, -0.2) is 11.1 Å². The maximum absolute atomic E-state index is 12.4. The number of rotatable bonds is 1. The van der Waals surface area contributed by atoms with Crippen LogP contribution in [0.1, 0.15) is 112 Å². The minimum atomic E-state index is -0.473. The average Bonchev–Trinajstić information content (AvgIpc) is 3.07. The van der Waals surface area contributed by atoms with E-state index in [2.05, 4.69) is 34.6 Å². The highest BCUT2D eigenvalue weighted by atomic mass is 16.4. The van der Waals surface area contributed by atoms with Gasteiger partial charge in [-0.05, 0) is 110 Å². The van der Waals surface area contributed by atoms with Gasteiger partial charge in [-0.3, -0.25) is 4.79 Å². The van der Waals surface area contributed by atoms with Crippen LogP contribution in [0.15, 0.2) is 0 Å². The van der Waals surface area contributed by atoms with Crippen molar-refractivity contribution in [3.63, 3.8) is 0 Å². The van der Waals surface area contributed by atoms with Crippen molar-refractivity contribution < 1.29 is 9.90 Å². The number of carbonyl (C=O) groups is 1. The molecule has 29 heavy (non-hydrogen) atoms. The Bertz CT molecular complexity index is 711. The lowest BCUT2D eigenvalue weighted by molar-refractivity contribution is -0.235. The second-order valence-corrected chi connectivity index (χ2v) is 13.5. The van der Waals surface area contributed by atoms with E-state index in [1.165, 1.54) is 51.4 Å². The van der Waals surface area contributed by atoms with E-state index in [0.717, 1.165) is 37.5 Å². The van der Waals surface area contributed by atoms with Gasteiger partial charge in [-0.1, -0.05) is 47.5 Å². The monoisotopic (exact) mass is 400 g/mol. The predicted octanol–water partition coefficient (Wildman–Crippen LogP) is 7.32. The van der Waals surface area contributed by atoms with Gasteiger partial charge >= 0.3 is 5.97 Å². The normalized spacial score (nSPS) is 55.9. The Morgan fingerprint density at radius 2 is 1.45 bits per heavy atom. The second-order valence-electron chi connectivity index (χ2n) is 13.5. The Morgan fingerprint density at radius 3 is 2.17 bits per heavy atom. The zero-order chi connectivity index (χ0) is 20.9. The van der Waals surface area contributed by atoms with Crippen LogP contribution in [0.5, 0.6) is 0 Å². The molecule has 5 aliphatic rings. The lowest BCUT2D eigenvalue weighted by Crippen LogP contribution is -2.65. The molecule has 0 aromatic rings. The molecule has 3 unspecified atom stereocenters. The van der Waals surface area contributed by atoms with E-state index in [0.29, 0.717) is 33.5 Å². The van der Waals surface area contributed by atoms with Gasteiger partial charge in [0, 0.05) is 0 Å². The van der Waals surface area contributed by atoms with Crippen LogP contribution in [0.4, 0.5) is 0 Å². The van der Waals surface area contributed by atoms with Crippen molar-refractivity contribution in [2.75, 3.05) is 0 Å².